The molecule has 0 saturated carbocycles. The van der Waals surface area contributed by atoms with Crippen LogP contribution in [0.3, 0.4) is 0 Å². The van der Waals surface area contributed by atoms with Crippen LogP contribution in [0.2, 0.25) is 25.2 Å². The Kier molecular flexibility index (Phi) is 5.90. The van der Waals surface area contributed by atoms with Gasteiger partial charge in [0, 0.05) is 24.3 Å². The van der Waals surface area contributed by atoms with E-state index < -0.39 is 21.3 Å². The Hall–Kier alpha value is -1.15. The van der Waals surface area contributed by atoms with Crippen molar-refractivity contribution in [2.24, 2.45) is 0 Å². The maximum atomic E-state index is 14.5. The minimum atomic E-state index is -2.96. The topological polar surface area (TPSA) is 37.3 Å². The van der Waals surface area contributed by atoms with Gasteiger partial charge in [-0.15, -0.1) is 0 Å². The Bertz CT molecular complexity index is 649. The summed E-state index contributed by atoms with van der Waals surface area (Å²) in [7, 11) is -4.55. The van der Waals surface area contributed by atoms with E-state index in [4.69, 9.17) is 0 Å². The molecule has 1 N–H and O–H groups in total. The predicted octanol–water partition coefficient (Wildman–Crippen LogP) is 4.48. The van der Waals surface area contributed by atoms with E-state index in [1.54, 1.807) is 6.92 Å². The third kappa shape index (κ3) is 3.74. The molecule has 2 aromatic rings. The summed E-state index contributed by atoms with van der Waals surface area (Å²) in [5, 5.41) is 12.3. The number of rotatable bonds is 6. The molecule has 0 unspecified atom stereocenters. The van der Waals surface area contributed by atoms with Crippen molar-refractivity contribution in [3.63, 3.8) is 0 Å². The SMILES string of the molecule is C[C@@H](O)[C@H]([C@H](C)[Si](C)(C)C)P(=O)(c1ccccc1)c1ccccc1. The van der Waals surface area contributed by atoms with E-state index >= 15 is 0 Å². The number of aliphatic hydroxyl groups excluding tert-OH is 1. The normalized spacial score (nSPS) is 16.4. The van der Waals surface area contributed by atoms with Gasteiger partial charge in [-0.05, 0) is 12.5 Å². The van der Waals surface area contributed by atoms with Gasteiger partial charge >= 0.3 is 0 Å². The molecule has 0 bridgehead atoms. The lowest BCUT2D eigenvalue weighted by molar-refractivity contribution is 0.185. The van der Waals surface area contributed by atoms with Gasteiger partial charge in [-0.3, -0.25) is 0 Å². The van der Waals surface area contributed by atoms with E-state index in [9.17, 15) is 9.67 Å². The van der Waals surface area contributed by atoms with Gasteiger partial charge in [-0.1, -0.05) is 87.2 Å². The highest BCUT2D eigenvalue weighted by Gasteiger charge is 2.46. The number of aliphatic hydroxyl groups is 1. The van der Waals surface area contributed by atoms with E-state index in [0.717, 1.165) is 10.6 Å². The lowest BCUT2D eigenvalue weighted by Crippen LogP contribution is -2.43. The lowest BCUT2D eigenvalue weighted by atomic mass is 10.2. The molecule has 0 aliphatic heterocycles. The average Bonchev–Trinajstić information content (AvgIpc) is 2.55. The minimum absolute atomic E-state index is 0.226. The first-order valence-electron chi connectivity index (χ1n) is 8.58. The van der Waals surface area contributed by atoms with Crippen molar-refractivity contribution in [3.05, 3.63) is 60.7 Å². The van der Waals surface area contributed by atoms with Gasteiger partial charge in [0.15, 0.2) is 0 Å². The standard InChI is InChI=1S/C20H29O2PSi/c1-16(21)20(17(2)24(3,4)5)23(22,18-12-8-6-9-13-18)19-14-10-7-11-15-19/h6-17,20-21H,1-5H3/t16-,17+,20-/m1/s1. The quantitative estimate of drug-likeness (QED) is 0.609. The van der Waals surface area contributed by atoms with E-state index in [-0.39, 0.29) is 11.2 Å². The van der Waals surface area contributed by atoms with E-state index in [2.05, 4.69) is 26.6 Å². The van der Waals surface area contributed by atoms with Crippen LogP contribution in [0.5, 0.6) is 0 Å². The number of hydrogen-bond donors (Lipinski definition) is 1. The summed E-state index contributed by atoms with van der Waals surface area (Å²) in [6, 6.07) is 19.4. The highest BCUT2D eigenvalue weighted by atomic mass is 31.2. The van der Waals surface area contributed by atoms with Crippen molar-refractivity contribution >= 4 is 25.8 Å². The van der Waals surface area contributed by atoms with Gasteiger partial charge in [0.2, 0.25) is 0 Å². The lowest BCUT2D eigenvalue weighted by Gasteiger charge is -2.40. The molecule has 0 fully saturated rings. The Labute approximate surface area is 147 Å². The summed E-state index contributed by atoms with van der Waals surface area (Å²) in [5.41, 5.74) is -0.0438. The summed E-state index contributed by atoms with van der Waals surface area (Å²) < 4.78 is 14.5. The highest BCUT2D eigenvalue weighted by Crippen LogP contribution is 2.56. The van der Waals surface area contributed by atoms with Gasteiger partial charge < -0.3 is 9.67 Å². The van der Waals surface area contributed by atoms with Gasteiger partial charge in [0.1, 0.15) is 7.14 Å². The predicted molar refractivity (Wildman–Crippen MR) is 108 cm³/mol. The molecule has 0 aliphatic carbocycles. The van der Waals surface area contributed by atoms with Crippen molar-refractivity contribution in [3.8, 4) is 0 Å². The fourth-order valence-corrected chi connectivity index (χ4v) is 10.1. The Morgan fingerprint density at radius 3 is 1.50 bits per heavy atom. The van der Waals surface area contributed by atoms with Crippen LogP contribution < -0.4 is 10.6 Å². The van der Waals surface area contributed by atoms with Crippen LogP contribution in [0.15, 0.2) is 60.7 Å². The molecule has 0 aromatic heterocycles. The largest absolute Gasteiger partial charge is 0.393 e. The zero-order chi connectivity index (χ0) is 18.0. The first kappa shape index (κ1) is 19.2. The van der Waals surface area contributed by atoms with Crippen LogP contribution in [0.1, 0.15) is 13.8 Å². The molecule has 0 radical (unpaired) electrons. The van der Waals surface area contributed by atoms with Crippen molar-refractivity contribution in [2.45, 2.75) is 50.8 Å². The summed E-state index contributed by atoms with van der Waals surface area (Å²) in [6.45, 7) is 10.8. The maximum Gasteiger partial charge on any atom is 0.148 e. The van der Waals surface area contributed by atoms with Crippen molar-refractivity contribution in [2.75, 3.05) is 0 Å². The number of benzene rings is 2. The van der Waals surface area contributed by atoms with Gasteiger partial charge in [0.25, 0.3) is 0 Å². The molecule has 3 atom stereocenters. The second-order valence-corrected chi connectivity index (χ2v) is 16.3. The van der Waals surface area contributed by atoms with Gasteiger partial charge in [-0.2, -0.15) is 0 Å². The van der Waals surface area contributed by atoms with Gasteiger partial charge in [0.05, 0.1) is 6.10 Å². The minimum Gasteiger partial charge on any atom is -0.393 e. The molecule has 0 aliphatic rings. The maximum absolute atomic E-state index is 14.5. The summed E-state index contributed by atoms with van der Waals surface area (Å²) in [6.07, 6.45) is -0.627. The van der Waals surface area contributed by atoms with Crippen LogP contribution in [0, 0.1) is 0 Å². The molecule has 0 saturated heterocycles. The van der Waals surface area contributed by atoms with Gasteiger partial charge in [-0.25, -0.2) is 0 Å². The Morgan fingerprint density at radius 2 is 1.21 bits per heavy atom. The molecule has 2 rings (SSSR count). The number of hydrogen-bond acceptors (Lipinski definition) is 2. The zero-order valence-electron chi connectivity index (χ0n) is 15.3. The van der Waals surface area contributed by atoms with E-state index in [1.807, 2.05) is 60.7 Å². The molecule has 0 amide bonds. The molecule has 0 heterocycles. The first-order chi connectivity index (χ1) is 11.2. The molecule has 2 aromatic carbocycles. The van der Waals surface area contributed by atoms with Crippen molar-refractivity contribution in [1.82, 2.24) is 0 Å². The third-order valence-corrected chi connectivity index (χ3v) is 12.3. The molecule has 0 spiro atoms. The summed E-state index contributed by atoms with van der Waals surface area (Å²) >= 11 is 0. The third-order valence-electron chi connectivity index (χ3n) is 5.07. The fraction of sp³-hybridized carbons (Fsp3) is 0.400. The molecular weight excluding hydrogens is 331 g/mol. The van der Waals surface area contributed by atoms with Crippen LogP contribution in [-0.2, 0) is 4.57 Å². The smallest absolute Gasteiger partial charge is 0.148 e. The molecule has 4 heteroatoms. The molecule has 24 heavy (non-hydrogen) atoms. The van der Waals surface area contributed by atoms with Crippen LogP contribution >= 0.6 is 7.14 Å². The second kappa shape index (κ2) is 7.39. The highest BCUT2D eigenvalue weighted by molar-refractivity contribution is 7.79. The van der Waals surface area contributed by atoms with Crippen LogP contribution in [0.25, 0.3) is 0 Å². The fourth-order valence-electron chi connectivity index (χ4n) is 3.34. The van der Waals surface area contributed by atoms with E-state index in [0.29, 0.717) is 0 Å². The second-order valence-electron chi connectivity index (χ2n) is 7.71. The Morgan fingerprint density at radius 1 is 0.833 bits per heavy atom. The first-order valence-corrected chi connectivity index (χ1v) is 13.9. The Balaban J connectivity index is 2.72. The van der Waals surface area contributed by atoms with Crippen molar-refractivity contribution in [1.29, 1.82) is 0 Å². The molecule has 130 valence electrons. The van der Waals surface area contributed by atoms with Crippen molar-refractivity contribution < 1.29 is 9.67 Å². The zero-order valence-corrected chi connectivity index (χ0v) is 17.2. The molecule has 2 nitrogen and oxygen atoms in total. The molecular formula is C20H29O2PSi. The van der Waals surface area contributed by atoms with E-state index in [1.165, 1.54) is 0 Å². The van der Waals surface area contributed by atoms with Crippen LogP contribution in [0.4, 0.5) is 0 Å². The summed E-state index contributed by atoms with van der Waals surface area (Å²) in [4.78, 5) is 0. The summed E-state index contributed by atoms with van der Waals surface area (Å²) in [5.74, 6) is 0. The average molecular weight is 361 g/mol. The monoisotopic (exact) mass is 360 g/mol. The van der Waals surface area contributed by atoms with Crippen LogP contribution in [-0.4, -0.2) is 24.9 Å².